The molecule has 0 aliphatic rings. The molecule has 0 fully saturated rings. The molecule has 3 nitrogen and oxygen atoms in total. The van der Waals surface area contributed by atoms with Crippen LogP contribution in [0.2, 0.25) is 0 Å². The molecule has 13 heavy (non-hydrogen) atoms. The maximum atomic E-state index is 11.1. The van der Waals surface area contributed by atoms with Crippen molar-refractivity contribution in [3.05, 3.63) is 0 Å². The first-order chi connectivity index (χ1) is 6.16. The van der Waals surface area contributed by atoms with E-state index in [9.17, 15) is 4.79 Å². The number of carbonyl (C=O) groups is 1. The van der Waals surface area contributed by atoms with Gasteiger partial charge in [0.1, 0.15) is 0 Å². The van der Waals surface area contributed by atoms with Gasteiger partial charge in [-0.15, -0.1) is 0 Å². The number of rotatable bonds is 7. The molecule has 0 rings (SSSR count). The largest absolute Gasteiger partial charge is 0.356 e. The minimum absolute atomic E-state index is 0.161. The van der Waals surface area contributed by atoms with Crippen LogP contribution in [0.4, 0.5) is 0 Å². The smallest absolute Gasteiger partial charge is 0.219 e. The minimum atomic E-state index is 0.161. The highest BCUT2D eigenvalue weighted by molar-refractivity contribution is 5.75. The van der Waals surface area contributed by atoms with E-state index in [1.54, 1.807) is 0 Å². The Morgan fingerprint density at radius 3 is 2.69 bits per heavy atom. The van der Waals surface area contributed by atoms with Crippen molar-refractivity contribution in [3.63, 3.8) is 0 Å². The van der Waals surface area contributed by atoms with Crippen LogP contribution in [0, 0.1) is 0 Å². The van der Waals surface area contributed by atoms with Crippen LogP contribution in [0.5, 0.6) is 0 Å². The van der Waals surface area contributed by atoms with E-state index < -0.39 is 0 Å². The quantitative estimate of drug-likeness (QED) is 0.591. The second-order valence-corrected chi connectivity index (χ2v) is 3.57. The molecule has 1 atom stereocenters. The molecular formula is C10H22N2O. The van der Waals surface area contributed by atoms with Gasteiger partial charge in [-0.3, -0.25) is 4.79 Å². The Kier molecular flexibility index (Phi) is 7.69. The van der Waals surface area contributed by atoms with Gasteiger partial charge >= 0.3 is 0 Å². The highest BCUT2D eigenvalue weighted by Crippen LogP contribution is 1.98. The second-order valence-electron chi connectivity index (χ2n) is 3.57. The Morgan fingerprint density at radius 2 is 2.15 bits per heavy atom. The standard InChI is InChI=1S/C10H22N2O/c1-3-4-5-6-10(13)12-8-7-9(2)11/h9H,3-8,11H2,1-2H3,(H,12,13). The third-order valence-corrected chi connectivity index (χ3v) is 1.93. The second kappa shape index (κ2) is 8.05. The molecule has 0 bridgehead atoms. The third-order valence-electron chi connectivity index (χ3n) is 1.93. The summed E-state index contributed by atoms with van der Waals surface area (Å²) in [5, 5.41) is 2.85. The molecule has 0 heterocycles. The number of amides is 1. The fourth-order valence-corrected chi connectivity index (χ4v) is 1.06. The van der Waals surface area contributed by atoms with Crippen LogP contribution in [0.25, 0.3) is 0 Å². The van der Waals surface area contributed by atoms with E-state index in [0.29, 0.717) is 13.0 Å². The van der Waals surface area contributed by atoms with Gasteiger partial charge in [-0.1, -0.05) is 19.8 Å². The van der Waals surface area contributed by atoms with Crippen molar-refractivity contribution in [2.75, 3.05) is 6.54 Å². The van der Waals surface area contributed by atoms with Crippen LogP contribution in [-0.4, -0.2) is 18.5 Å². The number of nitrogens with one attached hydrogen (secondary N) is 1. The van der Waals surface area contributed by atoms with Crippen molar-refractivity contribution in [2.24, 2.45) is 5.73 Å². The lowest BCUT2D eigenvalue weighted by atomic mass is 10.2. The SMILES string of the molecule is CCCCCC(=O)NCCC(C)N. The molecule has 0 saturated carbocycles. The number of hydrogen-bond acceptors (Lipinski definition) is 2. The molecule has 0 saturated heterocycles. The van der Waals surface area contributed by atoms with Crippen molar-refractivity contribution in [1.82, 2.24) is 5.32 Å². The first-order valence-electron chi connectivity index (χ1n) is 5.19. The van der Waals surface area contributed by atoms with Gasteiger partial charge < -0.3 is 11.1 Å². The summed E-state index contributed by atoms with van der Waals surface area (Å²) in [6, 6.07) is 0.177. The molecule has 0 aromatic heterocycles. The van der Waals surface area contributed by atoms with E-state index in [0.717, 1.165) is 25.7 Å². The average Bonchev–Trinajstić information content (AvgIpc) is 2.04. The molecule has 3 N–H and O–H groups in total. The molecule has 0 radical (unpaired) electrons. The van der Waals surface area contributed by atoms with Gasteiger partial charge in [0.15, 0.2) is 0 Å². The summed E-state index contributed by atoms with van der Waals surface area (Å²) in [6.07, 6.45) is 4.82. The summed E-state index contributed by atoms with van der Waals surface area (Å²) >= 11 is 0. The first-order valence-corrected chi connectivity index (χ1v) is 5.19. The van der Waals surface area contributed by atoms with Crippen LogP contribution in [0.3, 0.4) is 0 Å². The lowest BCUT2D eigenvalue weighted by molar-refractivity contribution is -0.121. The highest BCUT2D eigenvalue weighted by atomic mass is 16.1. The molecule has 1 amide bonds. The lowest BCUT2D eigenvalue weighted by Crippen LogP contribution is -2.28. The number of unbranched alkanes of at least 4 members (excludes halogenated alkanes) is 2. The summed E-state index contributed by atoms with van der Waals surface area (Å²) in [6.45, 7) is 4.79. The lowest BCUT2D eigenvalue weighted by Gasteiger charge is -2.06. The monoisotopic (exact) mass is 186 g/mol. The summed E-state index contributed by atoms with van der Waals surface area (Å²) in [4.78, 5) is 11.1. The van der Waals surface area contributed by atoms with Gasteiger partial charge in [-0.25, -0.2) is 0 Å². The van der Waals surface area contributed by atoms with Gasteiger partial charge in [-0.2, -0.15) is 0 Å². The van der Waals surface area contributed by atoms with Crippen LogP contribution in [0.1, 0.15) is 46.0 Å². The molecule has 0 aromatic rings. The van der Waals surface area contributed by atoms with Crippen molar-refractivity contribution in [3.8, 4) is 0 Å². The Hall–Kier alpha value is -0.570. The molecule has 3 heteroatoms. The van der Waals surface area contributed by atoms with Crippen molar-refractivity contribution >= 4 is 5.91 Å². The molecule has 0 aliphatic carbocycles. The Bertz CT molecular complexity index is 135. The number of carbonyl (C=O) groups excluding carboxylic acids is 1. The van der Waals surface area contributed by atoms with E-state index in [-0.39, 0.29) is 11.9 Å². The fraction of sp³-hybridized carbons (Fsp3) is 0.900. The molecular weight excluding hydrogens is 164 g/mol. The molecule has 0 spiro atoms. The first kappa shape index (κ1) is 12.4. The summed E-state index contributed by atoms with van der Waals surface area (Å²) in [5.74, 6) is 0.161. The van der Waals surface area contributed by atoms with E-state index in [2.05, 4.69) is 12.2 Å². The van der Waals surface area contributed by atoms with Crippen LogP contribution >= 0.6 is 0 Å². The van der Waals surface area contributed by atoms with Gasteiger partial charge in [0.25, 0.3) is 0 Å². The third kappa shape index (κ3) is 9.34. The Labute approximate surface area is 81.1 Å². The predicted molar refractivity (Wildman–Crippen MR) is 55.4 cm³/mol. The van der Waals surface area contributed by atoms with Crippen LogP contribution in [0.15, 0.2) is 0 Å². The Balaban J connectivity index is 3.20. The summed E-state index contributed by atoms with van der Waals surface area (Å²) in [7, 11) is 0. The van der Waals surface area contributed by atoms with Gasteiger partial charge in [0, 0.05) is 19.0 Å². The summed E-state index contributed by atoms with van der Waals surface area (Å²) < 4.78 is 0. The highest BCUT2D eigenvalue weighted by Gasteiger charge is 2.00. The zero-order valence-electron chi connectivity index (χ0n) is 8.81. The van der Waals surface area contributed by atoms with E-state index in [4.69, 9.17) is 5.73 Å². The average molecular weight is 186 g/mol. The normalized spacial score (nSPS) is 12.5. The molecule has 0 aliphatic heterocycles. The van der Waals surface area contributed by atoms with Crippen LogP contribution < -0.4 is 11.1 Å². The van der Waals surface area contributed by atoms with E-state index in [1.807, 2.05) is 6.92 Å². The minimum Gasteiger partial charge on any atom is -0.356 e. The topological polar surface area (TPSA) is 55.1 Å². The van der Waals surface area contributed by atoms with E-state index in [1.165, 1.54) is 0 Å². The maximum absolute atomic E-state index is 11.1. The molecule has 1 unspecified atom stereocenters. The van der Waals surface area contributed by atoms with Gasteiger partial charge in [-0.05, 0) is 19.8 Å². The Morgan fingerprint density at radius 1 is 1.46 bits per heavy atom. The fourth-order valence-electron chi connectivity index (χ4n) is 1.06. The zero-order valence-corrected chi connectivity index (χ0v) is 8.81. The van der Waals surface area contributed by atoms with Gasteiger partial charge in [0.05, 0.1) is 0 Å². The zero-order chi connectivity index (χ0) is 10.1. The molecule has 0 aromatic carbocycles. The van der Waals surface area contributed by atoms with Crippen molar-refractivity contribution < 1.29 is 4.79 Å². The molecule has 78 valence electrons. The van der Waals surface area contributed by atoms with Crippen LogP contribution in [-0.2, 0) is 4.79 Å². The van der Waals surface area contributed by atoms with E-state index >= 15 is 0 Å². The van der Waals surface area contributed by atoms with Gasteiger partial charge in [0.2, 0.25) is 5.91 Å². The number of hydrogen-bond donors (Lipinski definition) is 2. The maximum Gasteiger partial charge on any atom is 0.219 e. The van der Waals surface area contributed by atoms with Crippen molar-refractivity contribution in [2.45, 2.75) is 52.0 Å². The summed E-state index contributed by atoms with van der Waals surface area (Å²) in [5.41, 5.74) is 5.55. The predicted octanol–water partition coefficient (Wildman–Crippen LogP) is 1.42. The number of nitrogens with two attached hydrogens (primary N) is 1. The van der Waals surface area contributed by atoms with Crippen molar-refractivity contribution in [1.29, 1.82) is 0 Å².